The highest BCUT2D eigenvalue weighted by Gasteiger charge is 2.35. The molecule has 0 heterocycles. The van der Waals surface area contributed by atoms with Gasteiger partial charge in [-0.3, -0.25) is 0 Å². The summed E-state index contributed by atoms with van der Waals surface area (Å²) in [5, 5.41) is 0. The summed E-state index contributed by atoms with van der Waals surface area (Å²) >= 11 is 0. The quantitative estimate of drug-likeness (QED) is 0.616. The second-order valence-electron chi connectivity index (χ2n) is 6.21. The lowest BCUT2D eigenvalue weighted by Crippen LogP contribution is -2.18. The first kappa shape index (κ1) is 12.3. The van der Waals surface area contributed by atoms with Gasteiger partial charge in [-0.1, -0.05) is 49.9 Å². The van der Waals surface area contributed by atoms with Crippen LogP contribution in [0.3, 0.4) is 0 Å². The lowest BCUT2D eigenvalue weighted by molar-refractivity contribution is 0.401. The fourth-order valence-corrected chi connectivity index (χ4v) is 4.16. The van der Waals surface area contributed by atoms with Gasteiger partial charge in [-0.25, -0.2) is 0 Å². The van der Waals surface area contributed by atoms with E-state index in [4.69, 9.17) is 0 Å². The minimum absolute atomic E-state index is 0.777. The van der Waals surface area contributed by atoms with Crippen molar-refractivity contribution in [2.75, 3.05) is 0 Å². The molecular formula is C18H25. The minimum atomic E-state index is 0.777. The van der Waals surface area contributed by atoms with Gasteiger partial charge >= 0.3 is 0 Å². The van der Waals surface area contributed by atoms with Crippen molar-refractivity contribution in [1.82, 2.24) is 0 Å². The van der Waals surface area contributed by atoms with Crippen LogP contribution in [0.2, 0.25) is 0 Å². The maximum atomic E-state index is 2.38. The van der Waals surface area contributed by atoms with Crippen LogP contribution < -0.4 is 0 Å². The Balaban J connectivity index is 1.89. The second kappa shape index (κ2) is 5.47. The van der Waals surface area contributed by atoms with Gasteiger partial charge in [0, 0.05) is 0 Å². The van der Waals surface area contributed by atoms with E-state index in [1.54, 1.807) is 5.56 Å². The fourth-order valence-electron chi connectivity index (χ4n) is 4.16. The molecule has 1 radical (unpaired) electrons. The summed E-state index contributed by atoms with van der Waals surface area (Å²) in [6, 6.07) is 9.08. The van der Waals surface area contributed by atoms with Gasteiger partial charge in [-0.05, 0) is 61.5 Å². The van der Waals surface area contributed by atoms with Gasteiger partial charge in [0.2, 0.25) is 0 Å². The summed E-state index contributed by atoms with van der Waals surface area (Å²) < 4.78 is 0. The molecule has 0 spiro atoms. The molecule has 0 N–H and O–H groups in total. The smallest absolute Gasteiger partial charge is 0.00944 e. The van der Waals surface area contributed by atoms with Gasteiger partial charge in [-0.15, -0.1) is 0 Å². The zero-order valence-electron chi connectivity index (χ0n) is 11.6. The van der Waals surface area contributed by atoms with Crippen molar-refractivity contribution < 1.29 is 0 Å². The van der Waals surface area contributed by atoms with Crippen LogP contribution >= 0.6 is 0 Å². The largest absolute Gasteiger partial charge is 0.0620 e. The Morgan fingerprint density at radius 1 is 0.889 bits per heavy atom. The van der Waals surface area contributed by atoms with Crippen LogP contribution in [0.25, 0.3) is 0 Å². The Morgan fingerprint density at radius 2 is 1.67 bits per heavy atom. The predicted octanol–water partition coefficient (Wildman–Crippen LogP) is 5.42. The topological polar surface area (TPSA) is 0 Å². The first-order valence-corrected chi connectivity index (χ1v) is 7.77. The third-order valence-electron chi connectivity index (χ3n) is 5.10. The average molecular weight is 241 g/mol. The van der Waals surface area contributed by atoms with Crippen molar-refractivity contribution in [3.05, 3.63) is 41.3 Å². The van der Waals surface area contributed by atoms with Crippen molar-refractivity contribution >= 4 is 0 Å². The van der Waals surface area contributed by atoms with E-state index in [0.717, 1.165) is 11.8 Å². The van der Waals surface area contributed by atoms with Crippen LogP contribution in [-0.4, -0.2) is 0 Å². The summed E-state index contributed by atoms with van der Waals surface area (Å²) in [6.45, 7) is 2.29. The Kier molecular flexibility index (Phi) is 3.72. The number of hydrogen-bond donors (Lipinski definition) is 0. The zero-order chi connectivity index (χ0) is 12.4. The van der Waals surface area contributed by atoms with E-state index in [0.29, 0.717) is 0 Å². The van der Waals surface area contributed by atoms with E-state index in [2.05, 4.69) is 31.2 Å². The number of benzene rings is 1. The lowest BCUT2D eigenvalue weighted by Gasteiger charge is -2.32. The number of fused-ring (bicyclic) bond motifs is 1. The predicted molar refractivity (Wildman–Crippen MR) is 77.6 cm³/mol. The molecule has 2 aliphatic rings. The molecule has 2 saturated carbocycles. The summed E-state index contributed by atoms with van der Waals surface area (Å²) in [6.07, 6.45) is 11.5. The average Bonchev–Trinajstić information content (AvgIpc) is 2.79. The monoisotopic (exact) mass is 241 g/mol. The molecule has 2 atom stereocenters. The van der Waals surface area contributed by atoms with E-state index in [1.165, 1.54) is 56.9 Å². The van der Waals surface area contributed by atoms with E-state index in [9.17, 15) is 0 Å². The van der Waals surface area contributed by atoms with Crippen molar-refractivity contribution in [3.63, 3.8) is 0 Å². The zero-order valence-corrected chi connectivity index (χ0v) is 11.6. The van der Waals surface area contributed by atoms with Gasteiger partial charge in [0.25, 0.3) is 0 Å². The maximum Gasteiger partial charge on any atom is -0.00944 e. The first-order chi connectivity index (χ1) is 8.86. The van der Waals surface area contributed by atoms with Gasteiger partial charge in [0.05, 0.1) is 0 Å². The molecule has 1 aromatic carbocycles. The summed E-state index contributed by atoms with van der Waals surface area (Å²) in [5.41, 5.74) is 3.13. The molecule has 0 aliphatic heterocycles. The molecule has 1 aromatic rings. The molecule has 0 nitrogen and oxygen atoms in total. The van der Waals surface area contributed by atoms with Crippen LogP contribution in [0.4, 0.5) is 0 Å². The number of aryl methyl sites for hydroxylation is 1. The summed E-state index contributed by atoms with van der Waals surface area (Å²) in [5.74, 6) is 3.64. The third kappa shape index (κ3) is 2.35. The van der Waals surface area contributed by atoms with Gasteiger partial charge in [0.15, 0.2) is 0 Å². The molecule has 2 unspecified atom stereocenters. The van der Waals surface area contributed by atoms with E-state index in [-0.39, 0.29) is 0 Å². The van der Waals surface area contributed by atoms with Crippen molar-refractivity contribution in [2.45, 2.75) is 64.2 Å². The molecule has 2 fully saturated rings. The molecule has 0 saturated heterocycles. The van der Waals surface area contributed by atoms with Crippen molar-refractivity contribution in [3.8, 4) is 0 Å². The van der Waals surface area contributed by atoms with Gasteiger partial charge in [-0.2, -0.15) is 0 Å². The highest BCUT2D eigenvalue weighted by molar-refractivity contribution is 5.34. The molecule has 0 amide bonds. The number of hydrogen-bond acceptors (Lipinski definition) is 0. The highest BCUT2D eigenvalue weighted by atomic mass is 14.4. The van der Waals surface area contributed by atoms with Crippen LogP contribution in [0, 0.1) is 18.8 Å². The Labute approximate surface area is 112 Å². The maximum absolute atomic E-state index is 2.38. The molecule has 3 rings (SSSR count). The SMILES string of the molecule is Cc1ccccc1C1CCCCCC2CCC[C]21. The minimum Gasteiger partial charge on any atom is -0.0620 e. The van der Waals surface area contributed by atoms with Crippen LogP contribution in [0.1, 0.15) is 68.4 Å². The van der Waals surface area contributed by atoms with Gasteiger partial charge in [0.1, 0.15) is 0 Å². The Bertz CT molecular complexity index is 393. The van der Waals surface area contributed by atoms with Gasteiger partial charge < -0.3 is 0 Å². The summed E-state index contributed by atoms with van der Waals surface area (Å²) in [7, 11) is 0. The van der Waals surface area contributed by atoms with E-state index >= 15 is 0 Å². The lowest BCUT2D eigenvalue weighted by atomic mass is 9.73. The van der Waals surface area contributed by atoms with Crippen LogP contribution in [0.15, 0.2) is 24.3 Å². The molecule has 0 bridgehead atoms. The Hall–Kier alpha value is -0.780. The number of rotatable bonds is 1. The highest BCUT2D eigenvalue weighted by Crippen LogP contribution is 2.49. The first-order valence-electron chi connectivity index (χ1n) is 7.77. The van der Waals surface area contributed by atoms with Crippen LogP contribution in [-0.2, 0) is 0 Å². The third-order valence-corrected chi connectivity index (χ3v) is 5.10. The molecular weight excluding hydrogens is 216 g/mol. The molecule has 97 valence electrons. The molecule has 18 heavy (non-hydrogen) atoms. The Morgan fingerprint density at radius 3 is 2.56 bits per heavy atom. The molecule has 0 heteroatoms. The normalized spacial score (nSPS) is 29.6. The second-order valence-corrected chi connectivity index (χ2v) is 6.21. The standard InChI is InChI=1S/C18H25/c1-14-8-5-6-11-16(14)18-12-4-2-3-9-15-10-7-13-17(15)18/h5-6,8,11,15,18H,2-4,7,9-10,12-13H2,1H3. The van der Waals surface area contributed by atoms with Crippen molar-refractivity contribution in [1.29, 1.82) is 0 Å². The fraction of sp³-hybridized carbons (Fsp3) is 0.611. The molecule has 2 aliphatic carbocycles. The molecule has 0 aromatic heterocycles. The summed E-state index contributed by atoms with van der Waals surface area (Å²) in [4.78, 5) is 0. The van der Waals surface area contributed by atoms with E-state index < -0.39 is 0 Å². The van der Waals surface area contributed by atoms with E-state index in [1.807, 2.05) is 5.92 Å². The van der Waals surface area contributed by atoms with Crippen LogP contribution in [0.5, 0.6) is 0 Å². The van der Waals surface area contributed by atoms with Crippen molar-refractivity contribution in [2.24, 2.45) is 5.92 Å².